The van der Waals surface area contributed by atoms with E-state index in [1.165, 1.54) is 4.90 Å². The standard InChI is InChI=1S/C16H18N2O2/c1-13-12-15(16(20)18(2)10-5-9-17)8-7-14(13)6-3-4-11-19/h7-8,12,19H,4-5,10-11H2,1-2H3. The van der Waals surface area contributed by atoms with Gasteiger partial charge in [-0.15, -0.1) is 0 Å². The molecular formula is C16H18N2O2. The van der Waals surface area contributed by atoms with Gasteiger partial charge in [0, 0.05) is 31.1 Å². The second-order valence-corrected chi connectivity index (χ2v) is 4.44. The van der Waals surface area contributed by atoms with Gasteiger partial charge in [0.05, 0.1) is 19.1 Å². The average molecular weight is 270 g/mol. The zero-order chi connectivity index (χ0) is 15.0. The third kappa shape index (κ3) is 4.42. The van der Waals surface area contributed by atoms with E-state index in [4.69, 9.17) is 10.4 Å². The Hall–Kier alpha value is -2.30. The lowest BCUT2D eigenvalue weighted by atomic mass is 10.0. The van der Waals surface area contributed by atoms with Gasteiger partial charge in [0.2, 0.25) is 0 Å². The molecule has 0 aromatic heterocycles. The fourth-order valence-corrected chi connectivity index (χ4v) is 1.69. The number of aliphatic hydroxyl groups is 1. The van der Waals surface area contributed by atoms with E-state index in [-0.39, 0.29) is 12.5 Å². The van der Waals surface area contributed by atoms with Crippen molar-refractivity contribution in [2.75, 3.05) is 20.2 Å². The van der Waals surface area contributed by atoms with E-state index in [2.05, 4.69) is 11.8 Å². The van der Waals surface area contributed by atoms with Gasteiger partial charge >= 0.3 is 0 Å². The van der Waals surface area contributed by atoms with Crippen molar-refractivity contribution < 1.29 is 9.90 Å². The Balaban J connectivity index is 2.85. The Bertz CT molecular complexity index is 576. The molecule has 0 aliphatic heterocycles. The van der Waals surface area contributed by atoms with Gasteiger partial charge in [-0.1, -0.05) is 11.8 Å². The van der Waals surface area contributed by atoms with Crippen molar-refractivity contribution in [3.8, 4) is 17.9 Å². The molecule has 4 heteroatoms. The molecule has 1 aromatic rings. The minimum absolute atomic E-state index is 0.0479. The van der Waals surface area contributed by atoms with Crippen LogP contribution in [0.5, 0.6) is 0 Å². The molecule has 0 spiro atoms. The van der Waals surface area contributed by atoms with Gasteiger partial charge < -0.3 is 10.0 Å². The number of nitrogens with zero attached hydrogens (tertiary/aromatic N) is 2. The number of aliphatic hydroxyl groups excluding tert-OH is 1. The van der Waals surface area contributed by atoms with E-state index in [1.54, 1.807) is 19.2 Å². The molecule has 4 nitrogen and oxygen atoms in total. The molecule has 0 bridgehead atoms. The second-order valence-electron chi connectivity index (χ2n) is 4.44. The first-order valence-corrected chi connectivity index (χ1v) is 6.43. The highest BCUT2D eigenvalue weighted by Gasteiger charge is 2.11. The molecule has 0 atom stereocenters. The highest BCUT2D eigenvalue weighted by atomic mass is 16.2. The quantitative estimate of drug-likeness (QED) is 0.847. The summed E-state index contributed by atoms with van der Waals surface area (Å²) < 4.78 is 0. The van der Waals surface area contributed by atoms with Crippen LogP contribution in [0.3, 0.4) is 0 Å². The van der Waals surface area contributed by atoms with E-state index in [1.807, 2.05) is 19.1 Å². The topological polar surface area (TPSA) is 64.3 Å². The summed E-state index contributed by atoms with van der Waals surface area (Å²) in [4.78, 5) is 13.7. The molecule has 104 valence electrons. The van der Waals surface area contributed by atoms with E-state index in [0.29, 0.717) is 24.9 Å². The first-order chi connectivity index (χ1) is 9.60. The maximum Gasteiger partial charge on any atom is 0.253 e. The summed E-state index contributed by atoms with van der Waals surface area (Å²) >= 11 is 0. The molecule has 0 aliphatic rings. The van der Waals surface area contributed by atoms with E-state index in [9.17, 15) is 4.79 Å². The van der Waals surface area contributed by atoms with Gasteiger partial charge in [-0.25, -0.2) is 0 Å². The van der Waals surface area contributed by atoms with Crippen molar-refractivity contribution in [2.45, 2.75) is 19.8 Å². The highest BCUT2D eigenvalue weighted by Crippen LogP contribution is 2.12. The number of carbonyl (C=O) groups excluding carboxylic acids is 1. The number of aryl methyl sites for hydroxylation is 1. The summed E-state index contributed by atoms with van der Waals surface area (Å²) in [6.07, 6.45) is 0.767. The van der Waals surface area contributed by atoms with Gasteiger partial charge in [-0.3, -0.25) is 4.79 Å². The van der Waals surface area contributed by atoms with Crippen molar-refractivity contribution in [3.05, 3.63) is 34.9 Å². The summed E-state index contributed by atoms with van der Waals surface area (Å²) in [7, 11) is 1.68. The van der Waals surface area contributed by atoms with Crippen LogP contribution in [0.25, 0.3) is 0 Å². The van der Waals surface area contributed by atoms with Crippen LogP contribution >= 0.6 is 0 Å². The normalized spacial score (nSPS) is 9.30. The first kappa shape index (κ1) is 15.8. The molecule has 0 radical (unpaired) electrons. The Labute approximate surface area is 119 Å². The van der Waals surface area contributed by atoms with Crippen LogP contribution in [-0.2, 0) is 0 Å². The summed E-state index contributed by atoms with van der Waals surface area (Å²) in [5.74, 6) is 5.73. The Kier molecular flexibility index (Phi) is 6.29. The van der Waals surface area contributed by atoms with Crippen LogP contribution in [0.2, 0.25) is 0 Å². The van der Waals surface area contributed by atoms with Crippen molar-refractivity contribution in [1.82, 2.24) is 4.90 Å². The Morgan fingerprint density at radius 1 is 1.40 bits per heavy atom. The number of rotatable bonds is 4. The molecule has 0 fully saturated rings. The SMILES string of the molecule is Cc1cc(C(=O)N(C)CCC#N)ccc1C#CCCO. The summed E-state index contributed by atoms with van der Waals surface area (Å²) in [6.45, 7) is 2.37. The average Bonchev–Trinajstić information content (AvgIpc) is 2.45. The van der Waals surface area contributed by atoms with Gasteiger partial charge in [0.1, 0.15) is 0 Å². The van der Waals surface area contributed by atoms with Gasteiger partial charge in [-0.05, 0) is 30.7 Å². The third-order valence-corrected chi connectivity index (χ3v) is 2.84. The van der Waals surface area contributed by atoms with Gasteiger partial charge in [-0.2, -0.15) is 5.26 Å². The predicted octanol–water partition coefficient (Wildman–Crippen LogP) is 1.71. The Morgan fingerprint density at radius 3 is 2.75 bits per heavy atom. The first-order valence-electron chi connectivity index (χ1n) is 6.43. The molecule has 1 aromatic carbocycles. The fraction of sp³-hybridized carbons (Fsp3) is 0.375. The number of nitriles is 1. The maximum atomic E-state index is 12.1. The second kappa shape index (κ2) is 7.99. The number of amides is 1. The largest absolute Gasteiger partial charge is 0.395 e. The lowest BCUT2D eigenvalue weighted by molar-refractivity contribution is 0.0798. The molecule has 1 amide bonds. The molecule has 0 saturated heterocycles. The van der Waals surface area contributed by atoms with Crippen LogP contribution in [0.4, 0.5) is 0 Å². The molecule has 0 aliphatic carbocycles. The molecule has 20 heavy (non-hydrogen) atoms. The zero-order valence-electron chi connectivity index (χ0n) is 11.8. The Morgan fingerprint density at radius 2 is 2.15 bits per heavy atom. The summed E-state index contributed by atoms with van der Waals surface area (Å²) in [5.41, 5.74) is 2.38. The fourth-order valence-electron chi connectivity index (χ4n) is 1.69. The van der Waals surface area contributed by atoms with Crippen LogP contribution < -0.4 is 0 Å². The van der Waals surface area contributed by atoms with Crippen LogP contribution in [0, 0.1) is 30.1 Å². The number of carbonyl (C=O) groups is 1. The summed E-state index contributed by atoms with van der Waals surface area (Å²) in [5, 5.41) is 17.2. The van der Waals surface area contributed by atoms with E-state index in [0.717, 1.165) is 11.1 Å². The van der Waals surface area contributed by atoms with Gasteiger partial charge in [0.25, 0.3) is 5.91 Å². The molecule has 0 heterocycles. The molecular weight excluding hydrogens is 252 g/mol. The van der Waals surface area contributed by atoms with Crippen LogP contribution in [0.15, 0.2) is 18.2 Å². The van der Waals surface area contributed by atoms with Crippen molar-refractivity contribution >= 4 is 5.91 Å². The van der Waals surface area contributed by atoms with E-state index >= 15 is 0 Å². The lowest BCUT2D eigenvalue weighted by Gasteiger charge is -2.15. The van der Waals surface area contributed by atoms with Crippen molar-refractivity contribution in [2.24, 2.45) is 0 Å². The monoisotopic (exact) mass is 270 g/mol. The minimum Gasteiger partial charge on any atom is -0.395 e. The predicted molar refractivity (Wildman–Crippen MR) is 77.0 cm³/mol. The molecule has 0 unspecified atom stereocenters. The minimum atomic E-state index is -0.0989. The van der Waals surface area contributed by atoms with Gasteiger partial charge in [0.15, 0.2) is 0 Å². The number of benzene rings is 1. The number of hydrogen-bond acceptors (Lipinski definition) is 3. The van der Waals surface area contributed by atoms with Crippen LogP contribution in [-0.4, -0.2) is 36.1 Å². The van der Waals surface area contributed by atoms with Crippen LogP contribution in [0.1, 0.15) is 34.3 Å². The zero-order valence-corrected chi connectivity index (χ0v) is 11.8. The lowest BCUT2D eigenvalue weighted by Crippen LogP contribution is -2.27. The maximum absolute atomic E-state index is 12.1. The third-order valence-electron chi connectivity index (χ3n) is 2.84. The van der Waals surface area contributed by atoms with Crippen molar-refractivity contribution in [3.63, 3.8) is 0 Å². The highest BCUT2D eigenvalue weighted by molar-refractivity contribution is 5.94. The van der Waals surface area contributed by atoms with E-state index < -0.39 is 0 Å². The molecule has 1 N–H and O–H groups in total. The molecule has 0 saturated carbocycles. The number of hydrogen-bond donors (Lipinski definition) is 1. The smallest absolute Gasteiger partial charge is 0.253 e. The summed E-state index contributed by atoms with van der Waals surface area (Å²) in [6, 6.07) is 7.37. The van der Waals surface area contributed by atoms with Crippen molar-refractivity contribution in [1.29, 1.82) is 5.26 Å². The molecule has 1 rings (SSSR count).